The molecule has 1 aliphatic rings. The second-order valence-electron chi connectivity index (χ2n) is 6.00. The third-order valence-electron chi connectivity index (χ3n) is 4.35. The molecule has 0 spiro atoms. The van der Waals surface area contributed by atoms with Crippen molar-refractivity contribution < 1.29 is 0 Å². The molecule has 1 N–H and O–H groups in total. The van der Waals surface area contributed by atoms with Gasteiger partial charge in [-0.3, -0.25) is 0 Å². The second-order valence-corrected chi connectivity index (χ2v) is 6.79. The highest BCUT2D eigenvalue weighted by atomic mass is 35.5. The van der Waals surface area contributed by atoms with Gasteiger partial charge in [-0.1, -0.05) is 48.7 Å². The molecule has 118 valence electrons. The summed E-state index contributed by atoms with van der Waals surface area (Å²) in [6.07, 6.45) is 5.02. The summed E-state index contributed by atoms with van der Waals surface area (Å²) >= 11 is 12.4. The summed E-state index contributed by atoms with van der Waals surface area (Å²) < 4.78 is 0. The van der Waals surface area contributed by atoms with Gasteiger partial charge in [-0.2, -0.15) is 0 Å². The first kappa shape index (κ1) is 17.1. The van der Waals surface area contributed by atoms with E-state index in [1.807, 2.05) is 12.1 Å². The summed E-state index contributed by atoms with van der Waals surface area (Å²) in [6.45, 7) is 8.08. The maximum absolute atomic E-state index is 6.31. The third kappa shape index (κ3) is 4.85. The predicted octanol–water partition coefficient (Wildman–Crippen LogP) is 4.91. The van der Waals surface area contributed by atoms with Gasteiger partial charge in [0.05, 0.1) is 10.0 Å². The number of hydrogen-bond donors (Lipinski definition) is 1. The standard InChI is InChI=1S/C17H26Cl2N2/c1-3-4-10-21-11-8-14(9-12-21)20-13(2)15-6-5-7-16(18)17(15)19/h5-7,13-14,20H,3-4,8-12H2,1-2H3. The van der Waals surface area contributed by atoms with Crippen LogP contribution in [-0.2, 0) is 0 Å². The lowest BCUT2D eigenvalue weighted by Gasteiger charge is -2.34. The first-order chi connectivity index (χ1) is 10.1. The first-order valence-electron chi connectivity index (χ1n) is 8.04. The highest BCUT2D eigenvalue weighted by Gasteiger charge is 2.21. The molecular weight excluding hydrogens is 303 g/mol. The summed E-state index contributed by atoms with van der Waals surface area (Å²) in [5.41, 5.74) is 1.09. The quantitative estimate of drug-likeness (QED) is 0.798. The Kier molecular flexibility index (Phi) is 6.81. The van der Waals surface area contributed by atoms with Crippen molar-refractivity contribution in [3.05, 3.63) is 33.8 Å². The smallest absolute Gasteiger partial charge is 0.0639 e. The largest absolute Gasteiger partial charge is 0.307 e. The molecule has 0 aliphatic carbocycles. The van der Waals surface area contributed by atoms with Crippen molar-refractivity contribution in [1.29, 1.82) is 0 Å². The van der Waals surface area contributed by atoms with Gasteiger partial charge in [0.2, 0.25) is 0 Å². The van der Waals surface area contributed by atoms with Gasteiger partial charge in [0.15, 0.2) is 0 Å². The second kappa shape index (κ2) is 8.38. The lowest BCUT2D eigenvalue weighted by Crippen LogP contribution is -2.43. The number of nitrogens with zero attached hydrogens (tertiary/aromatic N) is 1. The summed E-state index contributed by atoms with van der Waals surface area (Å²) in [7, 11) is 0. The van der Waals surface area contributed by atoms with Crippen molar-refractivity contribution in [2.75, 3.05) is 19.6 Å². The van der Waals surface area contributed by atoms with E-state index in [-0.39, 0.29) is 6.04 Å². The van der Waals surface area contributed by atoms with E-state index in [1.54, 1.807) is 0 Å². The lowest BCUT2D eigenvalue weighted by molar-refractivity contribution is 0.190. The van der Waals surface area contributed by atoms with Crippen molar-refractivity contribution in [2.45, 2.75) is 51.6 Å². The SMILES string of the molecule is CCCCN1CCC(NC(C)c2cccc(Cl)c2Cl)CC1. The Bertz CT molecular complexity index is 442. The Balaban J connectivity index is 1.84. The van der Waals surface area contributed by atoms with Crippen LogP contribution in [0.1, 0.15) is 51.1 Å². The molecule has 0 bridgehead atoms. The maximum Gasteiger partial charge on any atom is 0.0639 e. The first-order valence-corrected chi connectivity index (χ1v) is 8.79. The minimum atomic E-state index is 0.239. The third-order valence-corrected chi connectivity index (χ3v) is 5.18. The van der Waals surface area contributed by atoms with Crippen LogP contribution in [0.3, 0.4) is 0 Å². The molecule has 1 aromatic carbocycles. The molecule has 1 aliphatic heterocycles. The van der Waals surface area contributed by atoms with E-state index in [1.165, 1.54) is 45.3 Å². The van der Waals surface area contributed by atoms with Gasteiger partial charge in [0.1, 0.15) is 0 Å². The number of piperidine rings is 1. The van der Waals surface area contributed by atoms with E-state index < -0.39 is 0 Å². The van der Waals surface area contributed by atoms with Crippen LogP contribution in [0.25, 0.3) is 0 Å². The zero-order valence-electron chi connectivity index (χ0n) is 13.0. The van der Waals surface area contributed by atoms with Crippen molar-refractivity contribution >= 4 is 23.2 Å². The molecule has 0 radical (unpaired) electrons. The fourth-order valence-electron chi connectivity index (χ4n) is 3.00. The average molecular weight is 329 g/mol. The van der Waals surface area contributed by atoms with Crippen molar-refractivity contribution in [1.82, 2.24) is 10.2 Å². The van der Waals surface area contributed by atoms with Crippen molar-refractivity contribution in [3.8, 4) is 0 Å². The predicted molar refractivity (Wildman–Crippen MR) is 92.4 cm³/mol. The normalized spacial score (nSPS) is 18.9. The Labute approximate surface area is 138 Å². The number of benzene rings is 1. The van der Waals surface area contributed by atoms with E-state index in [4.69, 9.17) is 23.2 Å². The number of likely N-dealkylation sites (tertiary alicyclic amines) is 1. The number of nitrogens with one attached hydrogen (secondary N) is 1. The van der Waals surface area contributed by atoms with Gasteiger partial charge in [-0.25, -0.2) is 0 Å². The number of unbranched alkanes of at least 4 members (excludes halogenated alkanes) is 1. The molecule has 2 rings (SSSR count). The maximum atomic E-state index is 6.31. The summed E-state index contributed by atoms with van der Waals surface area (Å²) in [5, 5.41) is 5.03. The molecule has 0 saturated carbocycles. The van der Waals surface area contributed by atoms with E-state index >= 15 is 0 Å². The van der Waals surface area contributed by atoms with E-state index in [9.17, 15) is 0 Å². The van der Waals surface area contributed by atoms with Gasteiger partial charge in [0.25, 0.3) is 0 Å². The minimum Gasteiger partial charge on any atom is -0.307 e. The zero-order chi connectivity index (χ0) is 15.2. The van der Waals surface area contributed by atoms with Gasteiger partial charge in [-0.15, -0.1) is 0 Å². The molecule has 1 saturated heterocycles. The van der Waals surface area contributed by atoms with Crippen LogP contribution in [0.4, 0.5) is 0 Å². The number of halogens is 2. The Hall–Kier alpha value is -0.280. The van der Waals surface area contributed by atoms with Crippen LogP contribution in [0.2, 0.25) is 10.0 Å². The Morgan fingerprint density at radius 2 is 2.00 bits per heavy atom. The van der Waals surface area contributed by atoms with E-state index in [0.29, 0.717) is 16.1 Å². The number of rotatable bonds is 6. The minimum absolute atomic E-state index is 0.239. The fourth-order valence-corrected chi connectivity index (χ4v) is 3.47. The molecule has 2 nitrogen and oxygen atoms in total. The highest BCUT2D eigenvalue weighted by Crippen LogP contribution is 2.30. The molecule has 21 heavy (non-hydrogen) atoms. The summed E-state index contributed by atoms with van der Waals surface area (Å²) in [5.74, 6) is 0. The molecule has 1 heterocycles. The topological polar surface area (TPSA) is 15.3 Å². The van der Waals surface area contributed by atoms with Gasteiger partial charge in [0, 0.05) is 12.1 Å². The van der Waals surface area contributed by atoms with Crippen LogP contribution in [-0.4, -0.2) is 30.6 Å². The molecule has 1 unspecified atom stereocenters. The average Bonchev–Trinajstić information content (AvgIpc) is 2.49. The highest BCUT2D eigenvalue weighted by molar-refractivity contribution is 6.42. The van der Waals surface area contributed by atoms with E-state index in [0.717, 1.165) is 5.56 Å². The van der Waals surface area contributed by atoms with Crippen LogP contribution in [0.5, 0.6) is 0 Å². The van der Waals surface area contributed by atoms with Gasteiger partial charge >= 0.3 is 0 Å². The van der Waals surface area contributed by atoms with Crippen LogP contribution >= 0.6 is 23.2 Å². The van der Waals surface area contributed by atoms with Crippen LogP contribution in [0, 0.1) is 0 Å². The van der Waals surface area contributed by atoms with Crippen LogP contribution < -0.4 is 5.32 Å². The zero-order valence-corrected chi connectivity index (χ0v) is 14.6. The Morgan fingerprint density at radius 3 is 2.67 bits per heavy atom. The lowest BCUT2D eigenvalue weighted by atomic mass is 10.0. The fraction of sp³-hybridized carbons (Fsp3) is 0.647. The molecule has 1 aromatic rings. The molecule has 0 amide bonds. The van der Waals surface area contributed by atoms with Crippen LogP contribution in [0.15, 0.2) is 18.2 Å². The molecule has 1 atom stereocenters. The van der Waals surface area contributed by atoms with Crippen molar-refractivity contribution in [3.63, 3.8) is 0 Å². The van der Waals surface area contributed by atoms with Crippen molar-refractivity contribution in [2.24, 2.45) is 0 Å². The molecule has 4 heteroatoms. The van der Waals surface area contributed by atoms with Gasteiger partial charge < -0.3 is 10.2 Å². The summed E-state index contributed by atoms with van der Waals surface area (Å²) in [6, 6.07) is 6.68. The van der Waals surface area contributed by atoms with E-state index in [2.05, 4.69) is 30.1 Å². The molecular formula is C17H26Cl2N2. The summed E-state index contributed by atoms with van der Waals surface area (Å²) in [4.78, 5) is 2.58. The Morgan fingerprint density at radius 1 is 1.29 bits per heavy atom. The van der Waals surface area contributed by atoms with Gasteiger partial charge in [-0.05, 0) is 57.5 Å². The number of hydrogen-bond acceptors (Lipinski definition) is 2. The monoisotopic (exact) mass is 328 g/mol. The molecule has 1 fully saturated rings. The molecule has 0 aromatic heterocycles.